The van der Waals surface area contributed by atoms with Gasteiger partial charge in [-0.3, -0.25) is 0 Å². The summed E-state index contributed by atoms with van der Waals surface area (Å²) in [6, 6.07) is 38.0. The highest BCUT2D eigenvalue weighted by molar-refractivity contribution is 5.91. The molecular weight excluding hydrogens is 338 g/mol. The fourth-order valence-electron chi connectivity index (χ4n) is 3.27. The fraction of sp³-hybridized carbons (Fsp3) is 0.0370. The molecule has 0 bridgehead atoms. The Morgan fingerprint density at radius 3 is 1.86 bits per heavy atom. The van der Waals surface area contributed by atoms with Crippen LogP contribution in [0.4, 0.5) is 11.4 Å². The number of anilines is 2. The highest BCUT2D eigenvalue weighted by Gasteiger charge is 2.06. The lowest BCUT2D eigenvalue weighted by atomic mass is 9.95. The molecule has 0 spiro atoms. The van der Waals surface area contributed by atoms with Gasteiger partial charge in [0.05, 0.1) is 0 Å². The second kappa shape index (κ2) is 8.41. The lowest BCUT2D eigenvalue weighted by molar-refractivity contribution is 1.43. The zero-order chi connectivity index (χ0) is 19.2. The van der Waals surface area contributed by atoms with Crippen LogP contribution in [0, 0.1) is 6.92 Å². The molecule has 0 aliphatic carbocycles. The first-order chi connectivity index (χ1) is 13.8. The highest BCUT2D eigenvalue weighted by atomic mass is 14.9. The molecule has 1 heteroatoms. The van der Waals surface area contributed by atoms with Gasteiger partial charge in [0.25, 0.3) is 0 Å². The van der Waals surface area contributed by atoms with Crippen molar-refractivity contribution in [2.24, 2.45) is 0 Å². The summed E-state index contributed by atoms with van der Waals surface area (Å²) in [6.45, 7) is 2.12. The smallest absolute Gasteiger partial charge is 0.0413 e. The highest BCUT2D eigenvalue weighted by Crippen LogP contribution is 2.28. The SMILES string of the molecule is Cc1ccccc1Nc1ccc(/C(=C/c2ccccc2)c2ccccc2)cc1. The Kier molecular flexibility index (Phi) is 5.35. The van der Waals surface area contributed by atoms with Crippen molar-refractivity contribution in [3.63, 3.8) is 0 Å². The molecule has 0 aliphatic rings. The largest absolute Gasteiger partial charge is 0.355 e. The van der Waals surface area contributed by atoms with Crippen molar-refractivity contribution in [2.75, 3.05) is 5.32 Å². The summed E-state index contributed by atoms with van der Waals surface area (Å²) in [4.78, 5) is 0. The van der Waals surface area contributed by atoms with E-state index in [-0.39, 0.29) is 0 Å². The number of para-hydroxylation sites is 1. The molecule has 0 saturated carbocycles. The Bertz CT molecular complexity index is 1060. The molecule has 0 atom stereocenters. The van der Waals surface area contributed by atoms with E-state index in [4.69, 9.17) is 0 Å². The zero-order valence-corrected chi connectivity index (χ0v) is 16.0. The lowest BCUT2D eigenvalue weighted by Crippen LogP contribution is -1.94. The first kappa shape index (κ1) is 17.8. The van der Waals surface area contributed by atoms with Crippen LogP contribution in [-0.2, 0) is 0 Å². The van der Waals surface area contributed by atoms with Crippen LogP contribution in [0.2, 0.25) is 0 Å². The summed E-state index contributed by atoms with van der Waals surface area (Å²) in [5, 5.41) is 3.51. The van der Waals surface area contributed by atoms with E-state index in [0.29, 0.717) is 0 Å². The van der Waals surface area contributed by atoms with Crippen molar-refractivity contribution in [2.45, 2.75) is 6.92 Å². The van der Waals surface area contributed by atoms with E-state index in [1.54, 1.807) is 0 Å². The van der Waals surface area contributed by atoms with Gasteiger partial charge in [0.1, 0.15) is 0 Å². The molecule has 0 fully saturated rings. The van der Waals surface area contributed by atoms with Gasteiger partial charge in [-0.25, -0.2) is 0 Å². The molecule has 0 aliphatic heterocycles. The monoisotopic (exact) mass is 361 g/mol. The third kappa shape index (κ3) is 4.21. The molecule has 0 unspecified atom stereocenters. The molecule has 1 nitrogen and oxygen atoms in total. The Hall–Kier alpha value is -3.58. The average molecular weight is 361 g/mol. The summed E-state index contributed by atoms with van der Waals surface area (Å²) in [5.41, 5.74) is 8.29. The topological polar surface area (TPSA) is 12.0 Å². The number of benzene rings is 4. The maximum atomic E-state index is 3.51. The van der Waals surface area contributed by atoms with Crippen LogP contribution < -0.4 is 5.32 Å². The van der Waals surface area contributed by atoms with Crippen LogP contribution in [0.3, 0.4) is 0 Å². The molecule has 4 aromatic rings. The van der Waals surface area contributed by atoms with Crippen LogP contribution >= 0.6 is 0 Å². The first-order valence-corrected chi connectivity index (χ1v) is 9.55. The zero-order valence-electron chi connectivity index (χ0n) is 16.0. The summed E-state index contributed by atoms with van der Waals surface area (Å²) in [7, 11) is 0. The van der Waals surface area contributed by atoms with Gasteiger partial charge in [-0.05, 0) is 59.0 Å². The van der Waals surface area contributed by atoms with E-state index in [2.05, 4.69) is 121 Å². The minimum atomic E-state index is 1.09. The third-order valence-electron chi connectivity index (χ3n) is 4.82. The van der Waals surface area contributed by atoms with Crippen LogP contribution in [0.15, 0.2) is 109 Å². The molecule has 136 valence electrons. The van der Waals surface area contributed by atoms with Crippen molar-refractivity contribution in [3.05, 3.63) is 131 Å². The van der Waals surface area contributed by atoms with Gasteiger partial charge in [0.2, 0.25) is 0 Å². The quantitative estimate of drug-likeness (QED) is 0.367. The standard InChI is InChI=1S/C27H23N/c1-21-10-8-9-15-27(21)28-25-18-16-24(17-19-25)26(23-13-6-3-7-14-23)20-22-11-4-2-5-12-22/h2-20,28H,1H3/b26-20+. The van der Waals surface area contributed by atoms with Gasteiger partial charge in [-0.2, -0.15) is 0 Å². The maximum absolute atomic E-state index is 3.51. The number of aryl methyl sites for hydroxylation is 1. The minimum absolute atomic E-state index is 1.09. The molecule has 0 aromatic heterocycles. The van der Waals surface area contributed by atoms with Gasteiger partial charge in [0.15, 0.2) is 0 Å². The van der Waals surface area contributed by atoms with Gasteiger partial charge >= 0.3 is 0 Å². The number of hydrogen-bond acceptors (Lipinski definition) is 1. The molecule has 1 N–H and O–H groups in total. The van der Waals surface area contributed by atoms with Gasteiger partial charge in [-0.15, -0.1) is 0 Å². The van der Waals surface area contributed by atoms with E-state index in [1.807, 2.05) is 6.07 Å². The average Bonchev–Trinajstić information content (AvgIpc) is 2.76. The van der Waals surface area contributed by atoms with Crippen molar-refractivity contribution >= 4 is 23.0 Å². The Morgan fingerprint density at radius 1 is 0.607 bits per heavy atom. The van der Waals surface area contributed by atoms with Crippen molar-refractivity contribution in [1.29, 1.82) is 0 Å². The second-order valence-electron chi connectivity index (χ2n) is 6.85. The fourth-order valence-corrected chi connectivity index (χ4v) is 3.27. The molecule has 0 amide bonds. The molecule has 4 rings (SSSR count). The maximum Gasteiger partial charge on any atom is 0.0413 e. The van der Waals surface area contributed by atoms with Gasteiger partial charge < -0.3 is 5.32 Å². The van der Waals surface area contributed by atoms with E-state index >= 15 is 0 Å². The van der Waals surface area contributed by atoms with E-state index in [0.717, 1.165) is 11.4 Å². The summed E-state index contributed by atoms with van der Waals surface area (Å²) in [5.74, 6) is 0. The Morgan fingerprint density at radius 2 is 1.18 bits per heavy atom. The normalized spacial score (nSPS) is 11.2. The van der Waals surface area contributed by atoms with Crippen molar-refractivity contribution in [3.8, 4) is 0 Å². The Labute approximate surface area is 167 Å². The first-order valence-electron chi connectivity index (χ1n) is 9.55. The second-order valence-corrected chi connectivity index (χ2v) is 6.85. The molecule has 0 saturated heterocycles. The lowest BCUT2D eigenvalue weighted by Gasteiger charge is -2.12. The number of rotatable bonds is 5. The van der Waals surface area contributed by atoms with Crippen LogP contribution in [0.5, 0.6) is 0 Å². The molecule has 4 aromatic carbocycles. The third-order valence-corrected chi connectivity index (χ3v) is 4.82. The predicted octanol–water partition coefficient (Wildman–Crippen LogP) is 7.33. The van der Waals surface area contributed by atoms with E-state index in [1.165, 1.54) is 27.8 Å². The predicted molar refractivity (Wildman–Crippen MR) is 121 cm³/mol. The summed E-state index contributed by atoms with van der Waals surface area (Å²) >= 11 is 0. The number of hydrogen-bond donors (Lipinski definition) is 1. The minimum Gasteiger partial charge on any atom is -0.355 e. The Balaban J connectivity index is 1.67. The van der Waals surface area contributed by atoms with Gasteiger partial charge in [0, 0.05) is 11.4 Å². The van der Waals surface area contributed by atoms with Crippen LogP contribution in [0.25, 0.3) is 11.6 Å². The molecule has 0 radical (unpaired) electrons. The molecular formula is C27H23N. The van der Waals surface area contributed by atoms with E-state index in [9.17, 15) is 0 Å². The van der Waals surface area contributed by atoms with Crippen LogP contribution in [0.1, 0.15) is 22.3 Å². The number of nitrogens with one attached hydrogen (secondary N) is 1. The van der Waals surface area contributed by atoms with Crippen molar-refractivity contribution < 1.29 is 0 Å². The van der Waals surface area contributed by atoms with Crippen LogP contribution in [-0.4, -0.2) is 0 Å². The van der Waals surface area contributed by atoms with Crippen molar-refractivity contribution in [1.82, 2.24) is 0 Å². The summed E-state index contributed by atoms with van der Waals surface area (Å²) < 4.78 is 0. The van der Waals surface area contributed by atoms with E-state index < -0.39 is 0 Å². The summed E-state index contributed by atoms with van der Waals surface area (Å²) in [6.07, 6.45) is 2.25. The molecule has 0 heterocycles. The molecule has 28 heavy (non-hydrogen) atoms. The van der Waals surface area contributed by atoms with Gasteiger partial charge in [-0.1, -0.05) is 91.0 Å².